The molecule has 0 radical (unpaired) electrons. The highest BCUT2D eigenvalue weighted by atomic mass is 32.2. The monoisotopic (exact) mass is 495 g/mol. The van der Waals surface area contributed by atoms with Gasteiger partial charge in [-0.15, -0.1) is 0 Å². The van der Waals surface area contributed by atoms with Crippen LogP contribution in [0.2, 0.25) is 0 Å². The normalized spacial score (nSPS) is 27.0. The van der Waals surface area contributed by atoms with Gasteiger partial charge in [0.2, 0.25) is 0 Å². The summed E-state index contributed by atoms with van der Waals surface area (Å²) in [6.45, 7) is 11.5. The Balaban J connectivity index is 1.21. The minimum Gasteiger partial charge on any atom is -0.490 e. The summed E-state index contributed by atoms with van der Waals surface area (Å²) in [6.07, 6.45) is 3.48. The van der Waals surface area contributed by atoms with Crippen molar-refractivity contribution in [3.05, 3.63) is 29.6 Å². The molecular weight excluding hydrogens is 457 g/mol. The van der Waals surface area contributed by atoms with E-state index in [1.54, 1.807) is 18.4 Å². The molecule has 2 aliphatic heterocycles. The first kappa shape index (κ1) is 25.4. The fraction of sp³-hybridized carbons (Fsp3) is 0.720. The first-order valence-electron chi connectivity index (χ1n) is 12.3. The average molecular weight is 496 g/mol. The highest BCUT2D eigenvalue weighted by Crippen LogP contribution is 2.42. The molecule has 3 fully saturated rings. The number of carbonyl (C=O) groups excluding carboxylic acids is 1. The Morgan fingerprint density at radius 3 is 2.32 bits per heavy atom. The molecule has 9 heteroatoms. The number of piperazine rings is 1. The Morgan fingerprint density at radius 2 is 1.76 bits per heavy atom. The van der Waals surface area contributed by atoms with Gasteiger partial charge in [-0.3, -0.25) is 4.90 Å². The number of hydrogen-bond donors (Lipinski definition) is 0. The smallest absolute Gasteiger partial charge is 0.410 e. The molecule has 3 atom stereocenters. The summed E-state index contributed by atoms with van der Waals surface area (Å²) in [5.41, 5.74) is 0.449. The van der Waals surface area contributed by atoms with E-state index in [-0.39, 0.29) is 11.9 Å². The molecule has 1 aromatic carbocycles. The van der Waals surface area contributed by atoms with Gasteiger partial charge in [-0.1, -0.05) is 6.07 Å². The molecule has 7 nitrogen and oxygen atoms in total. The van der Waals surface area contributed by atoms with Crippen LogP contribution in [0.15, 0.2) is 18.2 Å². The maximum Gasteiger partial charge on any atom is 0.410 e. The van der Waals surface area contributed by atoms with E-state index in [1.165, 1.54) is 0 Å². The third-order valence-electron chi connectivity index (χ3n) is 7.07. The minimum absolute atomic E-state index is 0.223. The molecule has 0 N–H and O–H groups in total. The van der Waals surface area contributed by atoms with Gasteiger partial charge in [0.15, 0.2) is 11.6 Å². The number of benzene rings is 1. The average Bonchev–Trinajstić information content (AvgIpc) is 3.31. The number of carbonyl (C=O) groups is 1. The van der Waals surface area contributed by atoms with Crippen molar-refractivity contribution in [3.63, 3.8) is 0 Å². The SMILES string of the molecule is CS(=O)N1CCN(Cc2ccc(OCC3CC4CN(C(=O)OC(C)(C)C)CC4C3)c(F)c2)CC1. The summed E-state index contributed by atoms with van der Waals surface area (Å²) < 4.78 is 39.6. The third kappa shape index (κ3) is 6.49. The Hall–Kier alpha value is -1.71. The lowest BCUT2D eigenvalue weighted by Gasteiger charge is -2.33. The largest absolute Gasteiger partial charge is 0.490 e. The molecule has 4 rings (SSSR count). The standard InChI is InChI=1S/C25H38FN3O4S/c1-25(2,3)33-24(30)28-15-20-11-19(12-21(20)16-28)17-32-23-6-5-18(13-22(23)26)14-27-7-9-29(10-8-27)34(4)31/h5-6,13,19-21H,7-12,14-17H2,1-4H3. The second-order valence-corrected chi connectivity index (χ2v) is 12.3. The van der Waals surface area contributed by atoms with Gasteiger partial charge >= 0.3 is 6.09 Å². The van der Waals surface area contributed by atoms with Gasteiger partial charge in [0.1, 0.15) is 5.60 Å². The Kier molecular flexibility index (Phi) is 7.84. The number of likely N-dealkylation sites (tertiary alicyclic amines) is 1. The molecule has 3 unspecified atom stereocenters. The number of fused-ring (bicyclic) bond motifs is 1. The predicted octanol–water partition coefficient (Wildman–Crippen LogP) is 3.51. The highest BCUT2D eigenvalue weighted by Gasteiger charge is 2.43. The number of halogens is 1. The van der Waals surface area contributed by atoms with Crippen molar-refractivity contribution < 1.29 is 22.9 Å². The van der Waals surface area contributed by atoms with Crippen LogP contribution in [-0.4, -0.2) is 82.1 Å². The quantitative estimate of drug-likeness (QED) is 0.605. The van der Waals surface area contributed by atoms with Crippen LogP contribution >= 0.6 is 0 Å². The molecule has 1 saturated carbocycles. The van der Waals surface area contributed by atoms with Crippen molar-refractivity contribution in [2.24, 2.45) is 17.8 Å². The van der Waals surface area contributed by atoms with E-state index in [0.29, 0.717) is 36.7 Å². The summed E-state index contributed by atoms with van der Waals surface area (Å²) in [6, 6.07) is 5.24. The van der Waals surface area contributed by atoms with E-state index < -0.39 is 16.6 Å². The van der Waals surface area contributed by atoms with E-state index in [1.807, 2.05) is 36.0 Å². The van der Waals surface area contributed by atoms with Crippen molar-refractivity contribution in [2.45, 2.75) is 45.8 Å². The zero-order valence-corrected chi connectivity index (χ0v) is 21.6. The van der Waals surface area contributed by atoms with Crippen molar-refractivity contribution in [3.8, 4) is 5.75 Å². The van der Waals surface area contributed by atoms with Crippen LogP contribution in [0.4, 0.5) is 9.18 Å². The van der Waals surface area contributed by atoms with Crippen molar-refractivity contribution in [1.82, 2.24) is 14.1 Å². The van der Waals surface area contributed by atoms with Crippen LogP contribution in [0.1, 0.15) is 39.2 Å². The van der Waals surface area contributed by atoms with Gasteiger partial charge < -0.3 is 14.4 Å². The Morgan fingerprint density at radius 1 is 1.12 bits per heavy atom. The van der Waals surface area contributed by atoms with Gasteiger partial charge in [-0.25, -0.2) is 17.7 Å². The zero-order chi connectivity index (χ0) is 24.5. The van der Waals surface area contributed by atoms with E-state index in [0.717, 1.165) is 57.7 Å². The molecule has 0 bridgehead atoms. The summed E-state index contributed by atoms with van der Waals surface area (Å²) in [7, 11) is -0.926. The molecule has 3 aliphatic rings. The highest BCUT2D eigenvalue weighted by molar-refractivity contribution is 7.81. The van der Waals surface area contributed by atoms with Gasteiger partial charge in [0.25, 0.3) is 0 Å². The number of ether oxygens (including phenoxy) is 2. The van der Waals surface area contributed by atoms with Crippen LogP contribution in [0, 0.1) is 23.6 Å². The molecule has 2 heterocycles. The summed E-state index contributed by atoms with van der Waals surface area (Å²) >= 11 is 0. The minimum atomic E-state index is -0.926. The lowest BCUT2D eigenvalue weighted by atomic mass is 10.0. The molecule has 1 aromatic rings. The van der Waals surface area contributed by atoms with E-state index >= 15 is 0 Å². The summed E-state index contributed by atoms with van der Waals surface area (Å²) in [5.74, 6) is 1.32. The van der Waals surface area contributed by atoms with Gasteiger partial charge in [-0.05, 0) is 69.1 Å². The molecule has 0 aromatic heterocycles. The molecule has 34 heavy (non-hydrogen) atoms. The molecule has 1 amide bonds. The van der Waals surface area contributed by atoms with E-state index in [4.69, 9.17) is 9.47 Å². The van der Waals surface area contributed by atoms with E-state index in [9.17, 15) is 13.4 Å². The van der Waals surface area contributed by atoms with Gasteiger partial charge in [0, 0.05) is 52.1 Å². The second kappa shape index (κ2) is 10.5. The van der Waals surface area contributed by atoms with Crippen LogP contribution in [0.3, 0.4) is 0 Å². The lowest BCUT2D eigenvalue weighted by Crippen LogP contribution is -2.46. The first-order chi connectivity index (χ1) is 16.1. The van der Waals surface area contributed by atoms with Crippen LogP contribution in [-0.2, 0) is 22.3 Å². The van der Waals surface area contributed by atoms with E-state index in [2.05, 4.69) is 4.90 Å². The van der Waals surface area contributed by atoms with Crippen LogP contribution < -0.4 is 4.74 Å². The van der Waals surface area contributed by atoms with Crippen LogP contribution in [0.25, 0.3) is 0 Å². The zero-order valence-electron chi connectivity index (χ0n) is 20.8. The Labute approximate surface area is 205 Å². The van der Waals surface area contributed by atoms with Gasteiger partial charge in [0.05, 0.1) is 17.6 Å². The fourth-order valence-corrected chi connectivity index (χ4v) is 6.08. The summed E-state index contributed by atoms with van der Waals surface area (Å²) in [4.78, 5) is 16.4. The number of hydrogen-bond acceptors (Lipinski definition) is 5. The number of rotatable bonds is 6. The maximum absolute atomic E-state index is 14.7. The number of nitrogens with zero attached hydrogens (tertiary/aromatic N) is 3. The van der Waals surface area contributed by atoms with Crippen molar-refractivity contribution >= 4 is 17.1 Å². The molecule has 190 valence electrons. The lowest BCUT2D eigenvalue weighted by molar-refractivity contribution is 0.0276. The summed E-state index contributed by atoms with van der Waals surface area (Å²) in [5, 5.41) is 0. The topological polar surface area (TPSA) is 62.3 Å². The number of amides is 1. The second-order valence-electron chi connectivity index (χ2n) is 10.9. The van der Waals surface area contributed by atoms with Crippen molar-refractivity contribution in [2.75, 3.05) is 52.1 Å². The van der Waals surface area contributed by atoms with Crippen LogP contribution in [0.5, 0.6) is 5.75 Å². The first-order valence-corrected chi connectivity index (χ1v) is 13.8. The predicted molar refractivity (Wildman–Crippen MR) is 130 cm³/mol. The Bertz CT molecular complexity index is 887. The fourth-order valence-electron chi connectivity index (χ4n) is 5.41. The molecule has 2 saturated heterocycles. The maximum atomic E-state index is 14.7. The van der Waals surface area contributed by atoms with Crippen molar-refractivity contribution in [1.29, 1.82) is 0 Å². The molecular formula is C25H38FN3O4S. The molecule has 1 aliphatic carbocycles. The van der Waals surface area contributed by atoms with Gasteiger partial charge in [-0.2, -0.15) is 0 Å². The molecule has 0 spiro atoms. The third-order valence-corrected chi connectivity index (χ3v) is 8.16.